The van der Waals surface area contributed by atoms with Crippen LogP contribution >= 0.6 is 22.9 Å². The second-order valence-electron chi connectivity index (χ2n) is 8.93. The monoisotopic (exact) mass is 513 g/mol. The number of nitro benzene ring substituents is 1. The summed E-state index contributed by atoms with van der Waals surface area (Å²) >= 11 is 7.29. The maximum absolute atomic E-state index is 15.9. The quantitative estimate of drug-likeness (QED) is 0.226. The van der Waals surface area contributed by atoms with E-state index in [1.807, 2.05) is 20.8 Å². The van der Waals surface area contributed by atoms with Crippen LogP contribution in [0.1, 0.15) is 31.9 Å². The van der Waals surface area contributed by atoms with Gasteiger partial charge in [-0.2, -0.15) is 0 Å². The van der Waals surface area contributed by atoms with Crippen molar-refractivity contribution in [1.29, 1.82) is 0 Å². The van der Waals surface area contributed by atoms with Crippen LogP contribution in [0.15, 0.2) is 54.6 Å². The Labute approximate surface area is 209 Å². The molecule has 0 atom stereocenters. The van der Waals surface area contributed by atoms with Gasteiger partial charge in [0.05, 0.1) is 15.1 Å². The summed E-state index contributed by atoms with van der Waals surface area (Å²) in [5.74, 6) is -0.492. The van der Waals surface area contributed by atoms with Crippen molar-refractivity contribution < 1.29 is 18.8 Å². The first kappa shape index (κ1) is 24.6. The minimum atomic E-state index is -0.660. The van der Waals surface area contributed by atoms with Crippen molar-refractivity contribution in [2.75, 3.05) is 0 Å². The summed E-state index contributed by atoms with van der Waals surface area (Å²) in [5, 5.41) is 14.2. The standard InChI is InChI=1S/C25H21ClFN3O4S/c1-25(2,3)29-23(31)34-24-28-22-19(35-24)13-16(11-14-7-9-18(10-8-14)30(32)33)21(27)20(22)15-5-4-6-17(26)12-15/h4-10,12-13H,11H2,1-3H3,(H,29,31). The number of hydrogen-bond acceptors (Lipinski definition) is 6. The number of ether oxygens (including phenoxy) is 1. The van der Waals surface area contributed by atoms with E-state index in [-0.39, 0.29) is 22.9 Å². The highest BCUT2D eigenvalue weighted by molar-refractivity contribution is 7.20. The Morgan fingerprint density at radius 3 is 2.54 bits per heavy atom. The molecule has 1 aromatic heterocycles. The van der Waals surface area contributed by atoms with Crippen LogP contribution in [-0.2, 0) is 6.42 Å². The topological polar surface area (TPSA) is 94.4 Å². The van der Waals surface area contributed by atoms with E-state index in [0.717, 1.165) is 11.3 Å². The molecule has 35 heavy (non-hydrogen) atoms. The molecule has 0 aliphatic heterocycles. The molecule has 0 fully saturated rings. The number of thiazole rings is 1. The lowest BCUT2D eigenvalue weighted by Crippen LogP contribution is -2.42. The molecule has 0 aliphatic rings. The van der Waals surface area contributed by atoms with E-state index in [4.69, 9.17) is 16.3 Å². The predicted molar refractivity (Wildman–Crippen MR) is 135 cm³/mol. The van der Waals surface area contributed by atoms with Crippen LogP contribution < -0.4 is 10.1 Å². The third kappa shape index (κ3) is 5.75. The lowest BCUT2D eigenvalue weighted by molar-refractivity contribution is -0.384. The van der Waals surface area contributed by atoms with Crippen molar-refractivity contribution in [3.63, 3.8) is 0 Å². The average molecular weight is 514 g/mol. The van der Waals surface area contributed by atoms with E-state index in [1.54, 1.807) is 42.5 Å². The number of non-ortho nitro benzene ring substituents is 1. The fourth-order valence-electron chi connectivity index (χ4n) is 3.52. The molecule has 10 heteroatoms. The van der Waals surface area contributed by atoms with E-state index in [1.165, 1.54) is 12.1 Å². The summed E-state index contributed by atoms with van der Waals surface area (Å²) in [6, 6.07) is 14.4. The Kier molecular flexibility index (Phi) is 6.73. The van der Waals surface area contributed by atoms with Crippen molar-refractivity contribution >= 4 is 44.9 Å². The number of aromatic nitrogens is 1. The number of amides is 1. The third-order valence-corrected chi connectivity index (χ3v) is 6.10. The van der Waals surface area contributed by atoms with E-state index < -0.39 is 22.4 Å². The van der Waals surface area contributed by atoms with Gasteiger partial charge < -0.3 is 10.1 Å². The molecule has 0 saturated carbocycles. The molecule has 0 saturated heterocycles. The van der Waals surface area contributed by atoms with E-state index in [0.29, 0.717) is 31.9 Å². The Balaban J connectivity index is 1.79. The average Bonchev–Trinajstić information content (AvgIpc) is 3.14. The van der Waals surface area contributed by atoms with Gasteiger partial charge in [-0.1, -0.05) is 47.2 Å². The molecular weight excluding hydrogens is 493 g/mol. The van der Waals surface area contributed by atoms with Gasteiger partial charge in [0.15, 0.2) is 0 Å². The van der Waals surface area contributed by atoms with Crippen LogP contribution in [0.4, 0.5) is 14.9 Å². The second kappa shape index (κ2) is 9.59. The van der Waals surface area contributed by atoms with Crippen LogP contribution in [0, 0.1) is 15.9 Å². The number of carbonyl (C=O) groups excluding carboxylic acids is 1. The minimum Gasteiger partial charge on any atom is -0.381 e. The molecule has 0 radical (unpaired) electrons. The molecule has 4 aromatic rings. The highest BCUT2D eigenvalue weighted by atomic mass is 35.5. The number of benzene rings is 3. The maximum atomic E-state index is 15.9. The van der Waals surface area contributed by atoms with Crippen LogP contribution in [-0.4, -0.2) is 21.5 Å². The van der Waals surface area contributed by atoms with Crippen molar-refractivity contribution in [3.8, 4) is 16.3 Å². The molecule has 1 N–H and O–H groups in total. The molecule has 3 aromatic carbocycles. The summed E-state index contributed by atoms with van der Waals surface area (Å²) in [4.78, 5) is 27.1. The highest BCUT2D eigenvalue weighted by Crippen LogP contribution is 2.39. The smallest absolute Gasteiger partial charge is 0.381 e. The van der Waals surface area contributed by atoms with E-state index >= 15 is 4.39 Å². The number of nitrogens with one attached hydrogen (secondary N) is 1. The largest absolute Gasteiger partial charge is 0.414 e. The Morgan fingerprint density at radius 2 is 1.91 bits per heavy atom. The molecule has 180 valence electrons. The second-order valence-corrected chi connectivity index (χ2v) is 10.4. The van der Waals surface area contributed by atoms with Gasteiger partial charge in [-0.15, -0.1) is 0 Å². The van der Waals surface area contributed by atoms with E-state index in [9.17, 15) is 14.9 Å². The van der Waals surface area contributed by atoms with Gasteiger partial charge in [-0.05, 0) is 55.7 Å². The van der Waals surface area contributed by atoms with Gasteiger partial charge in [0.25, 0.3) is 10.9 Å². The molecule has 0 spiro atoms. The number of hydrogen-bond donors (Lipinski definition) is 1. The molecule has 1 heterocycles. The number of carbonyl (C=O) groups is 1. The van der Waals surface area contributed by atoms with Crippen molar-refractivity contribution in [1.82, 2.24) is 10.3 Å². The van der Waals surface area contributed by atoms with Gasteiger partial charge in [-0.3, -0.25) is 10.1 Å². The summed E-state index contributed by atoms with van der Waals surface area (Å²) in [5.41, 5.74) is 1.66. The SMILES string of the molecule is CC(C)(C)NC(=O)Oc1nc2c(-c3cccc(Cl)c3)c(F)c(Cc3ccc([N+](=O)[O-])cc3)cc2s1. The fourth-order valence-corrected chi connectivity index (χ4v) is 4.60. The van der Waals surface area contributed by atoms with Gasteiger partial charge in [-0.25, -0.2) is 14.2 Å². The van der Waals surface area contributed by atoms with E-state index in [2.05, 4.69) is 10.3 Å². The van der Waals surface area contributed by atoms with Crippen molar-refractivity contribution in [2.24, 2.45) is 0 Å². The lowest BCUT2D eigenvalue weighted by Gasteiger charge is -2.18. The highest BCUT2D eigenvalue weighted by Gasteiger charge is 2.22. The number of rotatable bonds is 5. The van der Waals surface area contributed by atoms with Crippen molar-refractivity contribution in [3.05, 3.63) is 86.7 Å². The zero-order valence-electron chi connectivity index (χ0n) is 19.1. The number of nitro groups is 1. The Hall–Kier alpha value is -3.56. The predicted octanol–water partition coefficient (Wildman–Crippen LogP) is 7.14. The lowest BCUT2D eigenvalue weighted by atomic mass is 9.97. The van der Waals surface area contributed by atoms with Crippen molar-refractivity contribution in [2.45, 2.75) is 32.7 Å². The van der Waals surface area contributed by atoms with Crippen LogP contribution in [0.3, 0.4) is 0 Å². The summed E-state index contributed by atoms with van der Waals surface area (Å²) in [6.07, 6.45) is -0.459. The number of fused-ring (bicyclic) bond motifs is 1. The maximum Gasteiger partial charge on any atom is 0.414 e. The number of nitrogens with zero attached hydrogens (tertiary/aromatic N) is 2. The first-order valence-corrected chi connectivity index (χ1v) is 11.8. The van der Waals surface area contributed by atoms with Crippen LogP contribution in [0.2, 0.25) is 5.02 Å². The molecule has 7 nitrogen and oxygen atoms in total. The number of halogens is 2. The third-order valence-electron chi connectivity index (χ3n) is 4.99. The zero-order chi connectivity index (χ0) is 25.3. The molecule has 0 unspecified atom stereocenters. The first-order valence-electron chi connectivity index (χ1n) is 10.6. The van der Waals surface area contributed by atoms with Crippen LogP contribution in [0.25, 0.3) is 21.3 Å². The molecule has 4 rings (SSSR count). The van der Waals surface area contributed by atoms with Crippen LogP contribution in [0.5, 0.6) is 5.19 Å². The summed E-state index contributed by atoms with van der Waals surface area (Å²) in [7, 11) is 0. The normalized spacial score (nSPS) is 11.5. The molecule has 0 aliphatic carbocycles. The molecular formula is C25H21ClFN3O4S. The zero-order valence-corrected chi connectivity index (χ0v) is 20.7. The Bertz CT molecular complexity index is 1430. The van der Waals surface area contributed by atoms with Gasteiger partial charge in [0.1, 0.15) is 5.82 Å². The first-order chi connectivity index (χ1) is 16.5. The molecule has 0 bridgehead atoms. The Morgan fingerprint density at radius 1 is 1.20 bits per heavy atom. The van der Waals surface area contributed by atoms with Gasteiger partial charge in [0.2, 0.25) is 0 Å². The van der Waals surface area contributed by atoms with Gasteiger partial charge in [0, 0.05) is 34.7 Å². The summed E-state index contributed by atoms with van der Waals surface area (Å²) < 4.78 is 21.9. The molecule has 1 amide bonds. The minimum absolute atomic E-state index is 0.0397. The summed E-state index contributed by atoms with van der Waals surface area (Å²) in [6.45, 7) is 5.47. The fraction of sp³-hybridized carbons (Fsp3) is 0.200. The van der Waals surface area contributed by atoms with Gasteiger partial charge >= 0.3 is 6.09 Å².